The van der Waals surface area contributed by atoms with Crippen LogP contribution in [0.5, 0.6) is 0 Å². The van der Waals surface area contributed by atoms with Gasteiger partial charge in [-0.25, -0.2) is 4.79 Å². The maximum Gasteiger partial charge on any atom is 0.315 e. The second kappa shape index (κ2) is 9.29. The number of halogens is 1. The molecule has 2 N–H and O–H groups in total. The van der Waals surface area contributed by atoms with Crippen LogP contribution in [0.25, 0.3) is 5.69 Å². The van der Waals surface area contributed by atoms with Crippen LogP contribution in [0.15, 0.2) is 30.3 Å². The van der Waals surface area contributed by atoms with Gasteiger partial charge >= 0.3 is 12.0 Å². The minimum atomic E-state index is -0.320. The van der Waals surface area contributed by atoms with E-state index in [1.807, 2.05) is 44.2 Å². The lowest BCUT2D eigenvalue weighted by Gasteiger charge is -2.11. The Hall–Kier alpha value is -2.47. The number of carbonyl (C=O) groups is 2. The fraction of sp³-hybridized carbons (Fsp3) is 0.368. The van der Waals surface area contributed by atoms with Gasteiger partial charge in [-0.3, -0.25) is 4.79 Å². The number of esters is 1. The largest absolute Gasteiger partial charge is 0.466 e. The molecule has 1 aromatic heterocycles. The van der Waals surface area contributed by atoms with E-state index in [0.717, 1.165) is 22.6 Å². The van der Waals surface area contributed by atoms with Crippen molar-refractivity contribution in [2.45, 2.75) is 33.7 Å². The van der Waals surface area contributed by atoms with E-state index < -0.39 is 0 Å². The number of aryl methyl sites for hydroxylation is 1. The van der Waals surface area contributed by atoms with Crippen molar-refractivity contribution in [3.63, 3.8) is 0 Å². The maximum atomic E-state index is 11.9. The first kappa shape index (κ1) is 19.8. The van der Waals surface area contributed by atoms with Crippen molar-refractivity contribution in [2.75, 3.05) is 13.2 Å². The first-order valence-electron chi connectivity index (χ1n) is 8.53. The summed E-state index contributed by atoms with van der Waals surface area (Å²) in [4.78, 5) is 23.1. The van der Waals surface area contributed by atoms with Gasteiger partial charge in [-0.05, 0) is 56.7 Å². The van der Waals surface area contributed by atoms with Crippen molar-refractivity contribution < 1.29 is 14.3 Å². The Morgan fingerprint density at radius 2 is 1.85 bits per heavy atom. The van der Waals surface area contributed by atoms with E-state index in [1.54, 1.807) is 6.92 Å². The Kier molecular flexibility index (Phi) is 7.09. The molecule has 2 amide bonds. The summed E-state index contributed by atoms with van der Waals surface area (Å²) in [7, 11) is 0. The standard InChI is InChI=1S/C19H24ClN3O3/c1-4-26-18(24)9-10-21-19(25)22-12-15-11-13(2)23(14(15)3)17-7-5-16(20)6-8-17/h5-8,11H,4,9-10,12H2,1-3H3,(H2,21,22,25). The summed E-state index contributed by atoms with van der Waals surface area (Å²) in [5, 5.41) is 6.15. The fourth-order valence-electron chi connectivity index (χ4n) is 2.74. The number of hydrogen-bond donors (Lipinski definition) is 2. The van der Waals surface area contributed by atoms with E-state index >= 15 is 0 Å². The molecule has 6 nitrogen and oxygen atoms in total. The molecule has 0 bridgehead atoms. The van der Waals surface area contributed by atoms with Gasteiger partial charge in [0.05, 0.1) is 13.0 Å². The lowest BCUT2D eigenvalue weighted by molar-refractivity contribution is -0.142. The van der Waals surface area contributed by atoms with Gasteiger partial charge < -0.3 is 19.9 Å². The average molecular weight is 378 g/mol. The molecule has 1 aromatic carbocycles. The number of nitrogens with zero attached hydrogens (tertiary/aromatic N) is 1. The monoisotopic (exact) mass is 377 g/mol. The predicted molar refractivity (Wildman–Crippen MR) is 102 cm³/mol. The summed E-state index contributed by atoms with van der Waals surface area (Å²) < 4.78 is 6.93. The fourth-order valence-corrected chi connectivity index (χ4v) is 2.87. The number of benzene rings is 1. The molecule has 0 saturated heterocycles. The molecule has 0 spiro atoms. The predicted octanol–water partition coefficient (Wildman–Crippen LogP) is 3.50. The van der Waals surface area contributed by atoms with E-state index in [1.165, 1.54) is 0 Å². The van der Waals surface area contributed by atoms with Crippen molar-refractivity contribution in [1.29, 1.82) is 0 Å². The second-order valence-electron chi connectivity index (χ2n) is 5.87. The lowest BCUT2D eigenvalue weighted by atomic mass is 10.2. The number of aromatic nitrogens is 1. The third-order valence-electron chi connectivity index (χ3n) is 3.98. The third kappa shape index (κ3) is 5.26. The average Bonchev–Trinajstić information content (AvgIpc) is 2.88. The SMILES string of the molecule is CCOC(=O)CCNC(=O)NCc1cc(C)n(-c2ccc(Cl)cc2)c1C. The van der Waals surface area contributed by atoms with Crippen LogP contribution < -0.4 is 10.6 Å². The number of amides is 2. The molecule has 2 aromatic rings. The van der Waals surface area contributed by atoms with E-state index in [0.29, 0.717) is 18.2 Å². The highest BCUT2D eigenvalue weighted by Crippen LogP contribution is 2.22. The zero-order valence-electron chi connectivity index (χ0n) is 15.3. The van der Waals surface area contributed by atoms with Gasteiger partial charge in [0.15, 0.2) is 0 Å². The molecule has 0 fully saturated rings. The Morgan fingerprint density at radius 1 is 1.15 bits per heavy atom. The quantitative estimate of drug-likeness (QED) is 0.725. The Labute approximate surface area is 158 Å². The van der Waals surface area contributed by atoms with Crippen molar-refractivity contribution in [1.82, 2.24) is 15.2 Å². The van der Waals surface area contributed by atoms with E-state index in [2.05, 4.69) is 15.2 Å². The number of urea groups is 1. The Bertz CT molecular complexity index is 769. The molecule has 0 radical (unpaired) electrons. The molecule has 0 aliphatic heterocycles. The van der Waals surface area contributed by atoms with Crippen LogP contribution in [-0.4, -0.2) is 29.7 Å². The van der Waals surface area contributed by atoms with Gasteiger partial charge in [0.25, 0.3) is 0 Å². The normalized spacial score (nSPS) is 10.5. The molecule has 0 aliphatic carbocycles. The number of ether oxygens (including phenoxy) is 1. The maximum absolute atomic E-state index is 11.9. The van der Waals surface area contributed by atoms with Crippen LogP contribution in [0.4, 0.5) is 4.79 Å². The second-order valence-corrected chi connectivity index (χ2v) is 6.31. The molecule has 0 atom stereocenters. The molecule has 7 heteroatoms. The van der Waals surface area contributed by atoms with Crippen molar-refractivity contribution in [3.05, 3.63) is 52.3 Å². The van der Waals surface area contributed by atoms with E-state index in [9.17, 15) is 9.59 Å². The van der Waals surface area contributed by atoms with Crippen LogP contribution in [-0.2, 0) is 16.1 Å². The summed E-state index contributed by atoms with van der Waals surface area (Å²) in [6, 6.07) is 9.35. The molecule has 26 heavy (non-hydrogen) atoms. The molecule has 0 unspecified atom stereocenters. The van der Waals surface area contributed by atoms with Crippen LogP contribution in [0, 0.1) is 13.8 Å². The van der Waals surface area contributed by atoms with Crippen LogP contribution in [0.2, 0.25) is 5.02 Å². The molecule has 1 heterocycles. The zero-order chi connectivity index (χ0) is 19.1. The first-order chi connectivity index (χ1) is 12.4. The molecule has 0 saturated carbocycles. The lowest BCUT2D eigenvalue weighted by Crippen LogP contribution is -2.36. The summed E-state index contributed by atoms with van der Waals surface area (Å²) in [6.45, 7) is 6.77. The highest BCUT2D eigenvalue weighted by atomic mass is 35.5. The highest BCUT2D eigenvalue weighted by molar-refractivity contribution is 6.30. The third-order valence-corrected chi connectivity index (χ3v) is 4.23. The van der Waals surface area contributed by atoms with E-state index in [-0.39, 0.29) is 25.0 Å². The minimum Gasteiger partial charge on any atom is -0.466 e. The topological polar surface area (TPSA) is 72.4 Å². The van der Waals surface area contributed by atoms with Gasteiger partial charge in [0.2, 0.25) is 0 Å². The van der Waals surface area contributed by atoms with Gasteiger partial charge in [-0.15, -0.1) is 0 Å². The number of carbonyl (C=O) groups excluding carboxylic acids is 2. The summed E-state index contributed by atoms with van der Waals surface area (Å²) >= 11 is 5.95. The molecule has 2 rings (SSSR count). The number of nitrogens with one attached hydrogen (secondary N) is 2. The van der Waals surface area contributed by atoms with Crippen molar-refractivity contribution >= 4 is 23.6 Å². The molecular formula is C19H24ClN3O3. The number of rotatable bonds is 7. The zero-order valence-corrected chi connectivity index (χ0v) is 16.0. The van der Waals surface area contributed by atoms with Crippen LogP contribution >= 0.6 is 11.6 Å². The van der Waals surface area contributed by atoms with Crippen molar-refractivity contribution in [2.24, 2.45) is 0 Å². The summed E-state index contributed by atoms with van der Waals surface area (Å²) in [5.41, 5.74) is 4.17. The van der Waals surface area contributed by atoms with Gasteiger partial charge in [-0.2, -0.15) is 0 Å². The molecule has 140 valence electrons. The van der Waals surface area contributed by atoms with Crippen LogP contribution in [0.1, 0.15) is 30.3 Å². The first-order valence-corrected chi connectivity index (χ1v) is 8.91. The van der Waals surface area contributed by atoms with E-state index in [4.69, 9.17) is 16.3 Å². The minimum absolute atomic E-state index is 0.159. The van der Waals surface area contributed by atoms with Gasteiger partial charge in [-0.1, -0.05) is 11.6 Å². The smallest absolute Gasteiger partial charge is 0.315 e. The Balaban J connectivity index is 1.92. The summed E-state index contributed by atoms with van der Waals surface area (Å²) in [6.07, 6.45) is 0.159. The highest BCUT2D eigenvalue weighted by Gasteiger charge is 2.12. The molecule has 0 aliphatic rings. The summed E-state index contributed by atoms with van der Waals surface area (Å²) in [5.74, 6) is -0.320. The van der Waals surface area contributed by atoms with Crippen LogP contribution in [0.3, 0.4) is 0 Å². The number of hydrogen-bond acceptors (Lipinski definition) is 3. The van der Waals surface area contributed by atoms with Gasteiger partial charge in [0, 0.05) is 35.2 Å². The van der Waals surface area contributed by atoms with Gasteiger partial charge in [0.1, 0.15) is 0 Å². The molecular weight excluding hydrogens is 354 g/mol. The Morgan fingerprint density at radius 3 is 2.50 bits per heavy atom. The van der Waals surface area contributed by atoms with Crippen molar-refractivity contribution in [3.8, 4) is 5.69 Å².